The molecule has 0 atom stereocenters. The molecule has 1 aliphatic rings. The zero-order valence-corrected chi connectivity index (χ0v) is 14.5. The van der Waals surface area contributed by atoms with Crippen molar-refractivity contribution in [2.75, 3.05) is 0 Å². The van der Waals surface area contributed by atoms with Crippen LogP contribution in [0.25, 0.3) is 0 Å². The number of thiazole rings is 1. The van der Waals surface area contributed by atoms with Crippen LogP contribution in [-0.2, 0) is 0 Å². The van der Waals surface area contributed by atoms with E-state index in [1.54, 1.807) is 6.20 Å². The number of aromatic nitrogens is 1. The third-order valence-corrected chi connectivity index (χ3v) is 4.76. The average Bonchev–Trinajstić information content (AvgIpc) is 3.30. The quantitative estimate of drug-likeness (QED) is 0.558. The van der Waals surface area contributed by atoms with Crippen LogP contribution in [0.2, 0.25) is 0 Å². The van der Waals surface area contributed by atoms with Gasteiger partial charge in [-0.1, -0.05) is 12.1 Å². The minimum atomic E-state index is 0.362. The Kier molecular flexibility index (Phi) is 4.84. The highest BCUT2D eigenvalue weighted by Crippen LogP contribution is 2.34. The Hall–Kier alpha value is -2.53. The molecule has 2 aromatic carbocycles. The molecule has 0 spiro atoms. The number of ether oxygens (including phenoxy) is 3. The maximum Gasteiger partial charge on any atom is 0.282 e. The molecule has 4 nitrogen and oxygen atoms in total. The van der Waals surface area contributed by atoms with Crippen LogP contribution in [0, 0.1) is 6.07 Å². The van der Waals surface area contributed by atoms with Crippen LogP contribution in [-0.4, -0.2) is 11.1 Å². The lowest BCUT2D eigenvalue weighted by Gasteiger charge is -2.13. The van der Waals surface area contributed by atoms with Gasteiger partial charge in [0.1, 0.15) is 17.2 Å². The predicted molar refractivity (Wildman–Crippen MR) is 96.9 cm³/mol. The van der Waals surface area contributed by atoms with Gasteiger partial charge >= 0.3 is 0 Å². The molecule has 5 heteroatoms. The molecule has 0 bridgehead atoms. The van der Waals surface area contributed by atoms with Crippen molar-refractivity contribution in [3.63, 3.8) is 0 Å². The summed E-state index contributed by atoms with van der Waals surface area (Å²) in [6.07, 6.45) is 6.86. The summed E-state index contributed by atoms with van der Waals surface area (Å²) >= 11 is 1.36. The standard InChI is InChI=1S/C20H18NO3S/c1-2-6-16(7-3-1)23-19-14-21-20(25-19)24-18-12-10-17(11-13-18)22-15-8-4-5-9-15/h2-3,6-7,10-15H,4-5,8-9H2. The largest absolute Gasteiger partial charge is 0.490 e. The lowest BCUT2D eigenvalue weighted by molar-refractivity contribution is 0.210. The van der Waals surface area contributed by atoms with Crippen LogP contribution in [0.5, 0.6) is 27.5 Å². The molecule has 1 heterocycles. The van der Waals surface area contributed by atoms with E-state index < -0.39 is 0 Å². The molecule has 1 saturated carbocycles. The molecule has 0 aliphatic heterocycles. The molecule has 127 valence electrons. The summed E-state index contributed by atoms with van der Waals surface area (Å²) in [6.45, 7) is 0. The smallest absolute Gasteiger partial charge is 0.282 e. The molecule has 0 N–H and O–H groups in total. The summed E-state index contributed by atoms with van der Waals surface area (Å²) in [5.41, 5.74) is 0. The molecule has 0 unspecified atom stereocenters. The third-order valence-electron chi connectivity index (χ3n) is 4.00. The second-order valence-electron chi connectivity index (χ2n) is 5.88. The molecule has 1 aliphatic carbocycles. The zero-order valence-electron chi connectivity index (χ0n) is 13.7. The molecule has 3 aromatic rings. The highest BCUT2D eigenvalue weighted by molar-refractivity contribution is 7.15. The summed E-state index contributed by atoms with van der Waals surface area (Å²) in [4.78, 5) is 4.25. The van der Waals surface area contributed by atoms with Gasteiger partial charge in [0.25, 0.3) is 5.19 Å². The predicted octanol–water partition coefficient (Wildman–Crippen LogP) is 5.85. The van der Waals surface area contributed by atoms with Crippen LogP contribution >= 0.6 is 11.3 Å². The van der Waals surface area contributed by atoms with E-state index in [4.69, 9.17) is 14.2 Å². The molecule has 1 fully saturated rings. The van der Waals surface area contributed by atoms with Crippen molar-refractivity contribution in [2.24, 2.45) is 0 Å². The fraction of sp³-hybridized carbons (Fsp3) is 0.250. The Bertz CT molecular complexity index is 795. The Morgan fingerprint density at radius 2 is 1.56 bits per heavy atom. The van der Waals surface area contributed by atoms with Gasteiger partial charge in [0.05, 0.1) is 12.3 Å². The van der Waals surface area contributed by atoms with Gasteiger partial charge in [-0.25, -0.2) is 4.98 Å². The first-order valence-electron chi connectivity index (χ1n) is 8.39. The van der Waals surface area contributed by atoms with Crippen LogP contribution in [0.4, 0.5) is 0 Å². The maximum absolute atomic E-state index is 5.96. The van der Waals surface area contributed by atoms with E-state index in [1.165, 1.54) is 24.2 Å². The second-order valence-corrected chi connectivity index (χ2v) is 6.84. The summed E-state index contributed by atoms with van der Waals surface area (Å²) in [5.74, 6) is 2.37. The first-order valence-corrected chi connectivity index (χ1v) is 9.21. The topological polar surface area (TPSA) is 40.6 Å². The van der Waals surface area contributed by atoms with Gasteiger partial charge in [-0.15, -0.1) is 0 Å². The van der Waals surface area contributed by atoms with E-state index in [1.807, 2.05) is 48.5 Å². The summed E-state index contributed by atoms with van der Waals surface area (Å²) in [5, 5.41) is 1.23. The van der Waals surface area contributed by atoms with Crippen molar-refractivity contribution in [1.82, 2.24) is 4.98 Å². The van der Waals surface area contributed by atoms with Crippen molar-refractivity contribution in [3.8, 4) is 27.5 Å². The molecule has 4 rings (SSSR count). The lowest BCUT2D eigenvalue weighted by Crippen LogP contribution is -2.10. The van der Waals surface area contributed by atoms with Crippen molar-refractivity contribution >= 4 is 11.3 Å². The molecule has 1 radical (unpaired) electrons. The summed E-state index contributed by atoms with van der Waals surface area (Å²) in [6, 6.07) is 18.0. The van der Waals surface area contributed by atoms with Gasteiger partial charge in [0.2, 0.25) is 5.06 Å². The van der Waals surface area contributed by atoms with Crippen LogP contribution in [0.15, 0.2) is 54.7 Å². The molecule has 25 heavy (non-hydrogen) atoms. The van der Waals surface area contributed by atoms with Crippen LogP contribution in [0.1, 0.15) is 25.7 Å². The van der Waals surface area contributed by atoms with E-state index >= 15 is 0 Å². The molecule has 0 saturated heterocycles. The highest BCUT2D eigenvalue weighted by atomic mass is 32.1. The monoisotopic (exact) mass is 352 g/mol. The molecular formula is C20H18NO3S. The van der Waals surface area contributed by atoms with Gasteiger partial charge in [-0.2, -0.15) is 0 Å². The minimum Gasteiger partial charge on any atom is -0.490 e. The summed E-state index contributed by atoms with van der Waals surface area (Å²) < 4.78 is 17.5. The number of hydrogen-bond acceptors (Lipinski definition) is 5. The van der Waals surface area contributed by atoms with E-state index in [0.717, 1.165) is 30.1 Å². The van der Waals surface area contributed by atoms with Crippen molar-refractivity contribution in [1.29, 1.82) is 0 Å². The maximum atomic E-state index is 5.96. The van der Waals surface area contributed by atoms with Crippen molar-refractivity contribution in [2.45, 2.75) is 31.8 Å². The number of nitrogens with zero attached hydrogens (tertiary/aromatic N) is 1. The van der Waals surface area contributed by atoms with Crippen LogP contribution < -0.4 is 14.2 Å². The number of hydrogen-bond donors (Lipinski definition) is 0. The third kappa shape index (κ3) is 4.31. The lowest BCUT2D eigenvalue weighted by atomic mass is 10.3. The molecular weight excluding hydrogens is 334 g/mol. The Labute approximate surface area is 151 Å². The minimum absolute atomic E-state index is 0.362. The normalized spacial score (nSPS) is 14.4. The van der Waals surface area contributed by atoms with E-state index in [-0.39, 0.29) is 0 Å². The average molecular weight is 352 g/mol. The van der Waals surface area contributed by atoms with Gasteiger partial charge in [0.15, 0.2) is 0 Å². The first-order chi connectivity index (χ1) is 12.3. The summed E-state index contributed by atoms with van der Waals surface area (Å²) in [7, 11) is 0. The fourth-order valence-electron chi connectivity index (χ4n) is 2.78. The second kappa shape index (κ2) is 7.57. The van der Waals surface area contributed by atoms with Crippen LogP contribution in [0.3, 0.4) is 0 Å². The highest BCUT2D eigenvalue weighted by Gasteiger charge is 2.16. The van der Waals surface area contributed by atoms with Gasteiger partial charge in [-0.3, -0.25) is 0 Å². The Morgan fingerprint density at radius 1 is 0.880 bits per heavy atom. The number of benzene rings is 2. The first kappa shape index (κ1) is 16.0. The Morgan fingerprint density at radius 3 is 2.32 bits per heavy atom. The van der Waals surface area contributed by atoms with E-state index in [2.05, 4.69) is 11.1 Å². The zero-order chi connectivity index (χ0) is 16.9. The van der Waals surface area contributed by atoms with Crippen molar-refractivity contribution < 1.29 is 14.2 Å². The van der Waals surface area contributed by atoms with Crippen molar-refractivity contribution in [3.05, 3.63) is 60.8 Å². The SMILES string of the molecule is [c]1ccc(Oc2cnc(Oc3ccc(OC4CCCC4)cc3)s2)cc1. The van der Waals surface area contributed by atoms with Gasteiger partial charge in [0, 0.05) is 0 Å². The number of rotatable bonds is 6. The van der Waals surface area contributed by atoms with Gasteiger partial charge in [-0.05, 0) is 79.5 Å². The van der Waals surface area contributed by atoms with Gasteiger partial charge < -0.3 is 14.2 Å². The Balaban J connectivity index is 1.35. The molecule has 0 amide bonds. The molecule has 1 aromatic heterocycles. The van der Waals surface area contributed by atoms with E-state index in [9.17, 15) is 0 Å². The van der Waals surface area contributed by atoms with E-state index in [0.29, 0.717) is 16.4 Å². The fourth-order valence-corrected chi connectivity index (χ4v) is 3.44.